The van der Waals surface area contributed by atoms with Gasteiger partial charge in [-0.3, -0.25) is 4.90 Å². The summed E-state index contributed by atoms with van der Waals surface area (Å²) in [5.41, 5.74) is 0. The van der Waals surface area contributed by atoms with Crippen molar-refractivity contribution in [3.8, 4) is 0 Å². The van der Waals surface area contributed by atoms with Gasteiger partial charge in [0.05, 0.1) is 0 Å². The van der Waals surface area contributed by atoms with Gasteiger partial charge in [0, 0.05) is 19.6 Å². The third-order valence-corrected chi connectivity index (χ3v) is 3.86. The lowest BCUT2D eigenvalue weighted by Gasteiger charge is -2.45. The molecule has 0 aliphatic carbocycles. The molecule has 4 heteroatoms. The van der Waals surface area contributed by atoms with Gasteiger partial charge in [-0.05, 0) is 25.7 Å². The van der Waals surface area contributed by atoms with Crippen LogP contribution in [-0.4, -0.2) is 36.5 Å². The molecule has 0 aromatic carbocycles. The average molecular weight is 241 g/mol. The topological polar surface area (TPSA) is 38.8 Å². The Balaban J connectivity index is 1.97. The van der Waals surface area contributed by atoms with E-state index in [9.17, 15) is 4.79 Å². The van der Waals surface area contributed by atoms with Crippen molar-refractivity contribution in [3.05, 3.63) is 0 Å². The molecule has 2 fully saturated rings. The third kappa shape index (κ3) is 2.73. The summed E-state index contributed by atoms with van der Waals surface area (Å²) >= 11 is 0. The molecule has 2 heterocycles. The molecular formula is C13H23NO3. The van der Waals surface area contributed by atoms with Crippen molar-refractivity contribution in [2.75, 3.05) is 7.11 Å². The van der Waals surface area contributed by atoms with Gasteiger partial charge in [-0.1, -0.05) is 19.8 Å². The number of rotatable bonds is 4. The van der Waals surface area contributed by atoms with E-state index < -0.39 is 0 Å². The van der Waals surface area contributed by atoms with Gasteiger partial charge in [0.15, 0.2) is 0 Å². The molecule has 0 N–H and O–H groups in total. The zero-order valence-electron chi connectivity index (χ0n) is 10.9. The van der Waals surface area contributed by atoms with Gasteiger partial charge in [0.2, 0.25) is 0 Å². The average Bonchev–Trinajstić information content (AvgIpc) is 2.35. The van der Waals surface area contributed by atoms with Crippen LogP contribution in [0.3, 0.4) is 0 Å². The van der Waals surface area contributed by atoms with Crippen LogP contribution in [0.2, 0.25) is 0 Å². The first-order valence-electron chi connectivity index (χ1n) is 6.78. The number of hydrogen-bond acceptors (Lipinski definition) is 3. The predicted molar refractivity (Wildman–Crippen MR) is 64.7 cm³/mol. The van der Waals surface area contributed by atoms with Gasteiger partial charge in [0.1, 0.15) is 12.3 Å². The van der Waals surface area contributed by atoms with Gasteiger partial charge in [-0.2, -0.15) is 0 Å². The molecular weight excluding hydrogens is 218 g/mol. The van der Waals surface area contributed by atoms with E-state index in [1.807, 2.05) is 4.90 Å². The Hall–Kier alpha value is -0.770. The molecule has 98 valence electrons. The van der Waals surface area contributed by atoms with Crippen molar-refractivity contribution >= 4 is 6.09 Å². The van der Waals surface area contributed by atoms with Gasteiger partial charge in [-0.25, -0.2) is 4.79 Å². The molecule has 2 rings (SSSR count). The van der Waals surface area contributed by atoms with E-state index in [-0.39, 0.29) is 18.4 Å². The van der Waals surface area contributed by atoms with Gasteiger partial charge in [-0.15, -0.1) is 0 Å². The summed E-state index contributed by atoms with van der Waals surface area (Å²) < 4.78 is 10.9. The Bertz CT molecular complexity index is 269. The van der Waals surface area contributed by atoms with E-state index in [4.69, 9.17) is 9.47 Å². The third-order valence-electron chi connectivity index (χ3n) is 3.86. The van der Waals surface area contributed by atoms with Gasteiger partial charge < -0.3 is 9.47 Å². The van der Waals surface area contributed by atoms with Crippen LogP contribution in [0.25, 0.3) is 0 Å². The number of amides is 1. The monoisotopic (exact) mass is 241 g/mol. The number of ether oxygens (including phenoxy) is 2. The summed E-state index contributed by atoms with van der Waals surface area (Å²) in [5.74, 6) is 0. The first-order chi connectivity index (χ1) is 8.26. The first kappa shape index (κ1) is 12.7. The van der Waals surface area contributed by atoms with E-state index in [1.54, 1.807) is 7.11 Å². The van der Waals surface area contributed by atoms with E-state index in [0.29, 0.717) is 6.04 Å². The van der Waals surface area contributed by atoms with Crippen LogP contribution in [0.15, 0.2) is 0 Å². The van der Waals surface area contributed by atoms with E-state index in [0.717, 1.165) is 44.9 Å². The molecule has 2 saturated heterocycles. The number of carbonyl (C=O) groups is 1. The Morgan fingerprint density at radius 2 is 2.29 bits per heavy atom. The standard InChI is InChI=1S/C13H23NO3/c1-3-4-7-11-9-10-6-5-8-12(16-2)14(10)13(15)17-11/h10-12H,3-9H2,1-2H3/t10-,11-,12-/m1/s1. The number of methoxy groups -OCH3 is 1. The summed E-state index contributed by atoms with van der Waals surface area (Å²) in [6, 6.07) is 0.330. The highest BCUT2D eigenvalue weighted by Gasteiger charge is 2.41. The van der Waals surface area contributed by atoms with E-state index >= 15 is 0 Å². The number of fused-ring (bicyclic) bond motifs is 1. The van der Waals surface area contributed by atoms with Gasteiger partial charge in [0.25, 0.3) is 0 Å². The summed E-state index contributed by atoms with van der Waals surface area (Å²) in [6.45, 7) is 2.17. The molecule has 0 bridgehead atoms. The number of piperidine rings is 1. The molecule has 2 aliphatic rings. The zero-order chi connectivity index (χ0) is 12.3. The number of hydrogen-bond donors (Lipinski definition) is 0. The Labute approximate surface area is 103 Å². The molecule has 0 spiro atoms. The maximum absolute atomic E-state index is 12.0. The summed E-state index contributed by atoms with van der Waals surface area (Å²) in [7, 11) is 1.67. The van der Waals surface area contributed by atoms with Gasteiger partial charge >= 0.3 is 6.09 Å². The molecule has 0 aromatic rings. The fraction of sp³-hybridized carbons (Fsp3) is 0.923. The van der Waals surface area contributed by atoms with Crippen LogP contribution in [-0.2, 0) is 9.47 Å². The number of unbranched alkanes of at least 4 members (excludes halogenated alkanes) is 1. The van der Waals surface area contributed by atoms with Crippen LogP contribution >= 0.6 is 0 Å². The largest absolute Gasteiger partial charge is 0.446 e. The van der Waals surface area contributed by atoms with Crippen molar-refractivity contribution in [3.63, 3.8) is 0 Å². The summed E-state index contributed by atoms with van der Waals surface area (Å²) in [6.07, 6.45) is 7.32. The molecule has 0 saturated carbocycles. The Morgan fingerprint density at radius 1 is 1.47 bits per heavy atom. The molecule has 4 nitrogen and oxygen atoms in total. The summed E-state index contributed by atoms with van der Waals surface area (Å²) in [5, 5.41) is 0. The number of nitrogens with zero attached hydrogens (tertiary/aromatic N) is 1. The zero-order valence-corrected chi connectivity index (χ0v) is 10.9. The van der Waals surface area contributed by atoms with Crippen LogP contribution in [0, 0.1) is 0 Å². The summed E-state index contributed by atoms with van der Waals surface area (Å²) in [4.78, 5) is 13.8. The molecule has 0 radical (unpaired) electrons. The van der Waals surface area contributed by atoms with Crippen molar-refractivity contribution in [1.82, 2.24) is 4.90 Å². The highest BCUT2D eigenvalue weighted by Crippen LogP contribution is 2.32. The van der Waals surface area contributed by atoms with Crippen LogP contribution in [0.4, 0.5) is 4.79 Å². The lowest BCUT2D eigenvalue weighted by molar-refractivity contribution is -0.110. The second-order valence-electron chi connectivity index (χ2n) is 5.07. The normalized spacial score (nSPS) is 33.2. The second kappa shape index (κ2) is 5.71. The highest BCUT2D eigenvalue weighted by molar-refractivity contribution is 5.69. The predicted octanol–water partition coefficient (Wildman–Crippen LogP) is 2.91. The smallest absolute Gasteiger partial charge is 0.412 e. The number of cyclic esters (lactones) is 1. The van der Waals surface area contributed by atoms with Crippen molar-refractivity contribution < 1.29 is 14.3 Å². The fourth-order valence-electron chi connectivity index (χ4n) is 2.93. The Morgan fingerprint density at radius 3 is 3.00 bits per heavy atom. The lowest BCUT2D eigenvalue weighted by Crippen LogP contribution is -2.56. The number of carbonyl (C=O) groups excluding carboxylic acids is 1. The minimum atomic E-state index is -0.172. The van der Waals surface area contributed by atoms with Crippen molar-refractivity contribution in [2.24, 2.45) is 0 Å². The van der Waals surface area contributed by atoms with Crippen molar-refractivity contribution in [1.29, 1.82) is 0 Å². The highest BCUT2D eigenvalue weighted by atomic mass is 16.6. The minimum Gasteiger partial charge on any atom is -0.446 e. The first-order valence-corrected chi connectivity index (χ1v) is 6.78. The lowest BCUT2D eigenvalue weighted by atomic mass is 9.93. The van der Waals surface area contributed by atoms with E-state index in [2.05, 4.69) is 6.92 Å². The quantitative estimate of drug-likeness (QED) is 0.759. The molecule has 2 aliphatic heterocycles. The molecule has 1 amide bonds. The van der Waals surface area contributed by atoms with Crippen LogP contribution < -0.4 is 0 Å². The van der Waals surface area contributed by atoms with E-state index in [1.165, 1.54) is 0 Å². The molecule has 0 unspecified atom stereocenters. The minimum absolute atomic E-state index is 0.0756. The molecule has 0 aromatic heterocycles. The second-order valence-corrected chi connectivity index (χ2v) is 5.07. The maximum Gasteiger partial charge on any atom is 0.412 e. The fourth-order valence-corrected chi connectivity index (χ4v) is 2.93. The maximum atomic E-state index is 12.0. The van der Waals surface area contributed by atoms with Crippen LogP contribution in [0.5, 0.6) is 0 Å². The molecule has 17 heavy (non-hydrogen) atoms. The SMILES string of the molecule is CCCC[C@@H]1C[C@H]2CCC[C@@H](OC)N2C(=O)O1. The van der Waals surface area contributed by atoms with Crippen LogP contribution in [0.1, 0.15) is 51.9 Å². The molecule has 3 atom stereocenters. The van der Waals surface area contributed by atoms with Crippen molar-refractivity contribution in [2.45, 2.75) is 70.2 Å². The Kier molecular flexibility index (Phi) is 4.26.